The van der Waals surface area contributed by atoms with E-state index in [-0.39, 0.29) is 6.03 Å². The van der Waals surface area contributed by atoms with Crippen molar-refractivity contribution in [3.05, 3.63) is 0 Å². The van der Waals surface area contributed by atoms with Gasteiger partial charge in [0.15, 0.2) is 0 Å². The zero-order valence-corrected chi connectivity index (χ0v) is 12.6. The fourth-order valence-corrected chi connectivity index (χ4v) is 3.08. The number of hydrogen-bond acceptors (Lipinski definition) is 3. The standard InChI is InChI=1S/C14H28N4O/c1-16(2)14(19)18-8-5-13(6-9-18)15-10-12-4-7-17(3)11-12/h12-13,15H,4-11H2,1-3H3. The third-order valence-electron chi connectivity index (χ3n) is 4.33. The lowest BCUT2D eigenvalue weighted by Crippen LogP contribution is -2.48. The predicted octanol–water partition coefficient (Wildman–Crippen LogP) is 0.674. The molecule has 2 aliphatic heterocycles. The SMILES string of the molecule is CN1CCC(CNC2CCN(C(=O)N(C)C)CC2)C1. The Hall–Kier alpha value is -0.810. The Morgan fingerprint density at radius 2 is 1.89 bits per heavy atom. The summed E-state index contributed by atoms with van der Waals surface area (Å²) < 4.78 is 0. The van der Waals surface area contributed by atoms with E-state index in [1.807, 2.05) is 19.0 Å². The van der Waals surface area contributed by atoms with Gasteiger partial charge in [-0.2, -0.15) is 0 Å². The predicted molar refractivity (Wildman–Crippen MR) is 77.3 cm³/mol. The van der Waals surface area contributed by atoms with E-state index in [2.05, 4.69) is 17.3 Å². The van der Waals surface area contributed by atoms with Gasteiger partial charge in [0.1, 0.15) is 0 Å². The zero-order chi connectivity index (χ0) is 13.8. The van der Waals surface area contributed by atoms with Crippen molar-refractivity contribution in [2.75, 3.05) is 53.9 Å². The summed E-state index contributed by atoms with van der Waals surface area (Å²) in [5.74, 6) is 0.812. The van der Waals surface area contributed by atoms with Crippen LogP contribution in [0.15, 0.2) is 0 Å². The van der Waals surface area contributed by atoms with Crippen LogP contribution in [0.2, 0.25) is 0 Å². The van der Waals surface area contributed by atoms with Crippen molar-refractivity contribution in [1.29, 1.82) is 0 Å². The summed E-state index contributed by atoms with van der Waals surface area (Å²) in [5, 5.41) is 3.69. The first kappa shape index (κ1) is 14.6. The molecule has 0 saturated carbocycles. The summed E-state index contributed by atoms with van der Waals surface area (Å²) in [6.45, 7) is 5.38. The number of carbonyl (C=O) groups is 1. The van der Waals surface area contributed by atoms with E-state index in [1.165, 1.54) is 19.5 Å². The molecule has 2 amide bonds. The van der Waals surface area contributed by atoms with Crippen LogP contribution in [0.5, 0.6) is 0 Å². The molecule has 0 aromatic carbocycles. The Morgan fingerprint density at radius 1 is 1.21 bits per heavy atom. The molecule has 2 rings (SSSR count). The Kier molecular flexibility index (Phi) is 5.05. The minimum Gasteiger partial charge on any atom is -0.331 e. The monoisotopic (exact) mass is 268 g/mol. The van der Waals surface area contributed by atoms with Gasteiger partial charge in [-0.05, 0) is 45.3 Å². The van der Waals surface area contributed by atoms with Gasteiger partial charge >= 0.3 is 6.03 Å². The van der Waals surface area contributed by atoms with E-state index in [0.29, 0.717) is 6.04 Å². The van der Waals surface area contributed by atoms with E-state index in [1.54, 1.807) is 4.90 Å². The van der Waals surface area contributed by atoms with Crippen LogP contribution in [0.1, 0.15) is 19.3 Å². The molecule has 2 saturated heterocycles. The number of piperidine rings is 1. The zero-order valence-electron chi connectivity index (χ0n) is 12.6. The Morgan fingerprint density at radius 3 is 2.42 bits per heavy atom. The average molecular weight is 268 g/mol. The van der Waals surface area contributed by atoms with Crippen molar-refractivity contribution < 1.29 is 4.79 Å². The molecule has 1 N–H and O–H groups in total. The first-order valence-corrected chi connectivity index (χ1v) is 7.44. The van der Waals surface area contributed by atoms with Gasteiger partial charge in [-0.15, -0.1) is 0 Å². The number of amides is 2. The highest BCUT2D eigenvalue weighted by Crippen LogP contribution is 2.15. The molecule has 1 unspecified atom stereocenters. The Labute approximate surface area is 116 Å². The van der Waals surface area contributed by atoms with Crippen LogP contribution in [-0.4, -0.2) is 80.6 Å². The molecule has 5 nitrogen and oxygen atoms in total. The molecular formula is C14H28N4O. The molecule has 0 aliphatic carbocycles. The first-order valence-electron chi connectivity index (χ1n) is 7.44. The maximum absolute atomic E-state index is 11.8. The Bertz CT molecular complexity index is 300. The molecule has 1 atom stereocenters. The van der Waals surface area contributed by atoms with E-state index in [0.717, 1.165) is 38.4 Å². The highest BCUT2D eigenvalue weighted by atomic mass is 16.2. The smallest absolute Gasteiger partial charge is 0.319 e. The maximum Gasteiger partial charge on any atom is 0.319 e. The summed E-state index contributed by atoms with van der Waals surface area (Å²) >= 11 is 0. The molecule has 2 heterocycles. The lowest BCUT2D eigenvalue weighted by Gasteiger charge is -2.34. The van der Waals surface area contributed by atoms with E-state index >= 15 is 0 Å². The number of urea groups is 1. The van der Waals surface area contributed by atoms with Gasteiger partial charge in [0, 0.05) is 39.8 Å². The summed E-state index contributed by atoms with van der Waals surface area (Å²) in [7, 11) is 5.85. The third kappa shape index (κ3) is 4.08. The van der Waals surface area contributed by atoms with Crippen LogP contribution >= 0.6 is 0 Å². The topological polar surface area (TPSA) is 38.8 Å². The largest absolute Gasteiger partial charge is 0.331 e. The fraction of sp³-hybridized carbons (Fsp3) is 0.929. The fourth-order valence-electron chi connectivity index (χ4n) is 3.08. The molecule has 19 heavy (non-hydrogen) atoms. The number of carbonyl (C=O) groups excluding carboxylic acids is 1. The summed E-state index contributed by atoms with van der Waals surface area (Å²) in [4.78, 5) is 17.9. The molecule has 0 aromatic heterocycles. The first-order chi connectivity index (χ1) is 9.06. The van der Waals surface area contributed by atoms with Gasteiger partial charge in [0.05, 0.1) is 0 Å². The maximum atomic E-state index is 11.8. The van der Waals surface area contributed by atoms with Crippen molar-refractivity contribution in [1.82, 2.24) is 20.0 Å². The number of likely N-dealkylation sites (tertiary alicyclic amines) is 2. The van der Waals surface area contributed by atoms with Crippen molar-refractivity contribution in [3.8, 4) is 0 Å². The van der Waals surface area contributed by atoms with Crippen LogP contribution in [-0.2, 0) is 0 Å². The molecule has 0 radical (unpaired) electrons. The van der Waals surface area contributed by atoms with Crippen molar-refractivity contribution in [3.63, 3.8) is 0 Å². The van der Waals surface area contributed by atoms with Gasteiger partial charge in [-0.1, -0.05) is 0 Å². The van der Waals surface area contributed by atoms with E-state index in [9.17, 15) is 4.79 Å². The van der Waals surface area contributed by atoms with Crippen molar-refractivity contribution >= 4 is 6.03 Å². The number of nitrogens with zero attached hydrogens (tertiary/aromatic N) is 3. The second-order valence-electron chi connectivity index (χ2n) is 6.26. The average Bonchev–Trinajstić information content (AvgIpc) is 2.82. The quantitative estimate of drug-likeness (QED) is 0.818. The highest BCUT2D eigenvalue weighted by Gasteiger charge is 2.25. The molecule has 5 heteroatoms. The van der Waals surface area contributed by atoms with Crippen LogP contribution in [0.25, 0.3) is 0 Å². The number of rotatable bonds is 3. The lowest BCUT2D eigenvalue weighted by molar-refractivity contribution is 0.152. The van der Waals surface area contributed by atoms with Crippen molar-refractivity contribution in [2.45, 2.75) is 25.3 Å². The van der Waals surface area contributed by atoms with Gasteiger partial charge in [0.2, 0.25) is 0 Å². The summed E-state index contributed by atoms with van der Waals surface area (Å²) in [6.07, 6.45) is 3.49. The van der Waals surface area contributed by atoms with Crippen LogP contribution in [0, 0.1) is 5.92 Å². The Balaban J connectivity index is 1.65. The molecule has 0 bridgehead atoms. The lowest BCUT2D eigenvalue weighted by atomic mass is 10.0. The normalized spacial score (nSPS) is 25.8. The van der Waals surface area contributed by atoms with Gasteiger partial charge in [-0.25, -0.2) is 4.79 Å². The van der Waals surface area contributed by atoms with Gasteiger partial charge in [-0.3, -0.25) is 0 Å². The summed E-state index contributed by atoms with van der Waals surface area (Å²) in [5.41, 5.74) is 0. The minimum absolute atomic E-state index is 0.149. The molecule has 0 spiro atoms. The van der Waals surface area contributed by atoms with Crippen molar-refractivity contribution in [2.24, 2.45) is 5.92 Å². The van der Waals surface area contributed by atoms with E-state index < -0.39 is 0 Å². The van der Waals surface area contributed by atoms with E-state index in [4.69, 9.17) is 0 Å². The van der Waals surface area contributed by atoms with Crippen LogP contribution < -0.4 is 5.32 Å². The molecule has 2 fully saturated rings. The molecule has 0 aromatic rings. The summed E-state index contributed by atoms with van der Waals surface area (Å²) in [6, 6.07) is 0.744. The molecule has 110 valence electrons. The highest BCUT2D eigenvalue weighted by molar-refractivity contribution is 5.73. The van der Waals surface area contributed by atoms with Gasteiger partial charge in [0.25, 0.3) is 0 Å². The third-order valence-corrected chi connectivity index (χ3v) is 4.33. The minimum atomic E-state index is 0.149. The van der Waals surface area contributed by atoms with Gasteiger partial charge < -0.3 is 20.0 Å². The molecular weight excluding hydrogens is 240 g/mol. The molecule has 2 aliphatic rings. The second kappa shape index (κ2) is 6.57. The number of hydrogen-bond donors (Lipinski definition) is 1. The number of nitrogens with one attached hydrogen (secondary N) is 1. The second-order valence-corrected chi connectivity index (χ2v) is 6.26. The van der Waals surface area contributed by atoms with Crippen LogP contribution in [0.3, 0.4) is 0 Å². The van der Waals surface area contributed by atoms with Crippen LogP contribution in [0.4, 0.5) is 4.79 Å².